The number of rotatable bonds is 4. The van der Waals surface area contributed by atoms with Gasteiger partial charge in [-0.1, -0.05) is 11.6 Å². The van der Waals surface area contributed by atoms with Crippen LogP contribution in [-0.4, -0.2) is 29.6 Å². The number of nitrogens with one attached hydrogen (secondary N) is 1. The lowest BCUT2D eigenvalue weighted by Crippen LogP contribution is -2.10. The summed E-state index contributed by atoms with van der Waals surface area (Å²) in [4.78, 5) is 40.4. The van der Waals surface area contributed by atoms with Crippen molar-refractivity contribution in [3.05, 3.63) is 84.3 Å². The Hall–Kier alpha value is -4.12. The zero-order chi connectivity index (χ0) is 20.7. The second-order valence-electron chi connectivity index (χ2n) is 5.90. The maximum Gasteiger partial charge on any atom is 0.301 e. The molecule has 0 fully saturated rings. The molecule has 29 heavy (non-hydrogen) atoms. The van der Waals surface area contributed by atoms with Crippen LogP contribution in [0.4, 0.5) is 11.4 Å². The van der Waals surface area contributed by atoms with Crippen LogP contribution < -0.4 is 5.56 Å². The van der Waals surface area contributed by atoms with Gasteiger partial charge in [0.05, 0.1) is 22.1 Å². The molecule has 0 spiro atoms. The molecular formula is C17H9ClN6O5. The van der Waals surface area contributed by atoms with Crippen molar-refractivity contribution in [2.75, 3.05) is 0 Å². The lowest BCUT2D eigenvalue weighted by atomic mass is 10.2. The molecule has 0 amide bonds. The molecule has 144 valence electrons. The molecule has 2 heterocycles. The second kappa shape index (κ2) is 6.80. The lowest BCUT2D eigenvalue weighted by molar-refractivity contribution is -0.394. The third-order valence-corrected chi connectivity index (χ3v) is 4.40. The van der Waals surface area contributed by atoms with E-state index in [0.717, 1.165) is 16.8 Å². The summed E-state index contributed by atoms with van der Waals surface area (Å²) in [5.74, 6) is 0.213. The fourth-order valence-electron chi connectivity index (χ4n) is 2.79. The predicted molar refractivity (Wildman–Crippen MR) is 103 cm³/mol. The van der Waals surface area contributed by atoms with Crippen LogP contribution in [0.2, 0.25) is 5.02 Å². The quantitative estimate of drug-likeness (QED) is 0.399. The maximum atomic E-state index is 12.4. The molecule has 2 aromatic carbocycles. The number of halogens is 1. The van der Waals surface area contributed by atoms with Gasteiger partial charge in [-0.3, -0.25) is 25.0 Å². The Balaban J connectivity index is 1.96. The summed E-state index contributed by atoms with van der Waals surface area (Å²) in [5, 5.41) is 27.0. The molecule has 0 radical (unpaired) electrons. The van der Waals surface area contributed by atoms with Crippen molar-refractivity contribution in [1.29, 1.82) is 0 Å². The van der Waals surface area contributed by atoms with E-state index >= 15 is 0 Å². The van der Waals surface area contributed by atoms with Crippen LogP contribution in [0.5, 0.6) is 0 Å². The summed E-state index contributed by atoms with van der Waals surface area (Å²) in [7, 11) is 0. The number of nitrogens with zero attached hydrogens (tertiary/aromatic N) is 5. The molecular weight excluding hydrogens is 404 g/mol. The van der Waals surface area contributed by atoms with Crippen LogP contribution >= 0.6 is 11.6 Å². The highest BCUT2D eigenvalue weighted by Crippen LogP contribution is 2.29. The van der Waals surface area contributed by atoms with Gasteiger partial charge in [0, 0.05) is 16.7 Å². The van der Waals surface area contributed by atoms with Crippen LogP contribution in [0.25, 0.3) is 28.1 Å². The molecule has 4 rings (SSSR count). The summed E-state index contributed by atoms with van der Waals surface area (Å²) < 4.78 is 1.10. The van der Waals surface area contributed by atoms with Gasteiger partial charge in [0.25, 0.3) is 11.2 Å². The summed E-state index contributed by atoms with van der Waals surface area (Å²) in [6.45, 7) is 0. The molecule has 12 heteroatoms. The number of hydrogen-bond acceptors (Lipinski definition) is 7. The van der Waals surface area contributed by atoms with E-state index in [0.29, 0.717) is 10.6 Å². The number of aromatic amines is 1. The van der Waals surface area contributed by atoms with Gasteiger partial charge >= 0.3 is 5.69 Å². The first-order valence-electron chi connectivity index (χ1n) is 8.02. The molecule has 2 aromatic heterocycles. The first-order valence-corrected chi connectivity index (χ1v) is 8.40. The fourth-order valence-corrected chi connectivity index (χ4v) is 2.92. The number of nitro benzene ring substituents is 2. The Kier molecular flexibility index (Phi) is 4.28. The number of nitro groups is 2. The number of H-pyrrole nitrogens is 1. The lowest BCUT2D eigenvalue weighted by Gasteiger charge is -2.06. The molecule has 0 saturated heterocycles. The fraction of sp³-hybridized carbons (Fsp3) is 0. The SMILES string of the molecule is O=c1[nH]c(-c2ccc(Cl)cc2)nc2c1cnn2-c1ccc([N+](=O)[O-])cc1[N+](=O)[O-]. The van der Waals surface area contributed by atoms with Gasteiger partial charge in [-0.15, -0.1) is 0 Å². The number of benzene rings is 2. The van der Waals surface area contributed by atoms with Crippen LogP contribution in [0, 0.1) is 20.2 Å². The molecule has 0 saturated carbocycles. The van der Waals surface area contributed by atoms with Crippen molar-refractivity contribution < 1.29 is 9.85 Å². The Morgan fingerprint density at radius 3 is 2.41 bits per heavy atom. The molecule has 0 atom stereocenters. The van der Waals surface area contributed by atoms with Crippen molar-refractivity contribution in [3.63, 3.8) is 0 Å². The monoisotopic (exact) mass is 412 g/mol. The maximum absolute atomic E-state index is 12.4. The van der Waals surface area contributed by atoms with Crippen molar-refractivity contribution in [2.45, 2.75) is 0 Å². The second-order valence-corrected chi connectivity index (χ2v) is 6.34. The van der Waals surface area contributed by atoms with Crippen molar-refractivity contribution >= 4 is 34.0 Å². The Bertz CT molecular complexity index is 1340. The van der Waals surface area contributed by atoms with E-state index in [-0.39, 0.29) is 22.5 Å². The Labute approximate surface area is 165 Å². The average molecular weight is 413 g/mol. The number of hydrogen-bond donors (Lipinski definition) is 1. The van der Waals surface area contributed by atoms with Crippen LogP contribution in [0.1, 0.15) is 0 Å². The zero-order valence-corrected chi connectivity index (χ0v) is 15.0. The summed E-state index contributed by atoms with van der Waals surface area (Å²) in [5.41, 5.74) is -0.898. The standard InChI is InChI=1S/C17H9ClN6O5/c18-10-3-1-9(2-4-10)15-20-16-12(17(25)21-15)8-19-22(16)13-6-5-11(23(26)27)7-14(13)24(28)29/h1-8H,(H,20,21,25). The first kappa shape index (κ1) is 18.3. The van der Waals surface area contributed by atoms with Crippen molar-refractivity contribution in [1.82, 2.24) is 19.7 Å². The highest BCUT2D eigenvalue weighted by atomic mass is 35.5. The third-order valence-electron chi connectivity index (χ3n) is 4.15. The van der Waals surface area contributed by atoms with Crippen molar-refractivity contribution in [3.8, 4) is 17.1 Å². The summed E-state index contributed by atoms with van der Waals surface area (Å²) in [6.07, 6.45) is 1.22. The van der Waals surface area contributed by atoms with Gasteiger partial charge in [0.2, 0.25) is 0 Å². The molecule has 4 aromatic rings. The molecule has 0 aliphatic rings. The molecule has 0 bridgehead atoms. The summed E-state index contributed by atoms with van der Waals surface area (Å²) in [6, 6.07) is 9.69. The van der Waals surface area contributed by atoms with E-state index < -0.39 is 26.8 Å². The van der Waals surface area contributed by atoms with E-state index in [1.54, 1.807) is 24.3 Å². The average Bonchev–Trinajstić information content (AvgIpc) is 3.12. The van der Waals surface area contributed by atoms with Gasteiger partial charge < -0.3 is 4.98 Å². The van der Waals surface area contributed by atoms with E-state index in [1.807, 2.05) is 0 Å². The minimum absolute atomic E-state index is 0.0595. The highest BCUT2D eigenvalue weighted by Gasteiger charge is 2.23. The number of non-ortho nitro benzene ring substituents is 1. The Morgan fingerprint density at radius 2 is 1.76 bits per heavy atom. The minimum Gasteiger partial charge on any atom is -0.306 e. The van der Waals surface area contributed by atoms with E-state index in [1.165, 1.54) is 12.3 Å². The van der Waals surface area contributed by atoms with Gasteiger partial charge in [-0.05, 0) is 30.3 Å². The molecule has 11 nitrogen and oxygen atoms in total. The minimum atomic E-state index is -0.761. The van der Waals surface area contributed by atoms with Crippen LogP contribution in [0.15, 0.2) is 53.5 Å². The van der Waals surface area contributed by atoms with Gasteiger partial charge in [-0.2, -0.15) is 5.10 Å². The molecule has 0 unspecified atom stereocenters. The molecule has 1 N–H and O–H groups in total. The van der Waals surface area contributed by atoms with E-state index in [2.05, 4.69) is 15.1 Å². The van der Waals surface area contributed by atoms with Crippen molar-refractivity contribution in [2.24, 2.45) is 0 Å². The predicted octanol–water partition coefficient (Wildman–Crippen LogP) is 3.25. The number of fused-ring (bicyclic) bond motifs is 1. The molecule has 0 aliphatic heterocycles. The Morgan fingerprint density at radius 1 is 1.03 bits per heavy atom. The first-order chi connectivity index (χ1) is 13.8. The number of aromatic nitrogens is 4. The van der Waals surface area contributed by atoms with E-state index in [9.17, 15) is 25.0 Å². The topological polar surface area (TPSA) is 150 Å². The van der Waals surface area contributed by atoms with E-state index in [4.69, 9.17) is 11.6 Å². The van der Waals surface area contributed by atoms with Gasteiger partial charge in [0.15, 0.2) is 5.65 Å². The van der Waals surface area contributed by atoms with Crippen LogP contribution in [0.3, 0.4) is 0 Å². The smallest absolute Gasteiger partial charge is 0.301 e. The van der Waals surface area contributed by atoms with Gasteiger partial charge in [-0.25, -0.2) is 9.67 Å². The molecule has 0 aliphatic carbocycles. The van der Waals surface area contributed by atoms with Crippen LogP contribution in [-0.2, 0) is 0 Å². The highest BCUT2D eigenvalue weighted by molar-refractivity contribution is 6.30. The van der Waals surface area contributed by atoms with Gasteiger partial charge in [0.1, 0.15) is 16.9 Å². The third kappa shape index (κ3) is 3.19. The largest absolute Gasteiger partial charge is 0.306 e. The zero-order valence-electron chi connectivity index (χ0n) is 14.3. The summed E-state index contributed by atoms with van der Waals surface area (Å²) >= 11 is 5.88. The normalized spacial score (nSPS) is 10.9.